The number of hydrogen-bond acceptors (Lipinski definition) is 5. The van der Waals surface area contributed by atoms with Gasteiger partial charge in [0.05, 0.1) is 12.2 Å². The van der Waals surface area contributed by atoms with E-state index in [1.54, 1.807) is 11.3 Å². The molecule has 1 saturated heterocycles. The van der Waals surface area contributed by atoms with Crippen LogP contribution in [-0.2, 0) is 15.0 Å². The standard InChI is InChI=1S/C12H16N4O2S/c1-7-6-14-10(19-7)12(15-16-13)4-8-9(5-12)18-11(2,3)17-8/h6,8-9H,4-5H2,1-3H3/t8-,9+,12+. The highest BCUT2D eigenvalue weighted by atomic mass is 32.1. The van der Waals surface area contributed by atoms with Gasteiger partial charge in [-0.2, -0.15) is 0 Å². The maximum absolute atomic E-state index is 8.88. The van der Waals surface area contributed by atoms with E-state index in [1.807, 2.05) is 27.0 Å². The van der Waals surface area contributed by atoms with Crippen molar-refractivity contribution >= 4 is 11.3 Å². The first-order chi connectivity index (χ1) is 8.94. The summed E-state index contributed by atoms with van der Waals surface area (Å²) in [5, 5.41) is 4.90. The number of nitrogens with zero attached hydrogens (tertiary/aromatic N) is 4. The van der Waals surface area contributed by atoms with Crippen molar-refractivity contribution in [2.24, 2.45) is 5.11 Å². The van der Waals surface area contributed by atoms with Gasteiger partial charge in [0.1, 0.15) is 10.5 Å². The van der Waals surface area contributed by atoms with Gasteiger partial charge in [0.25, 0.3) is 0 Å². The van der Waals surface area contributed by atoms with Crippen molar-refractivity contribution in [3.05, 3.63) is 26.5 Å². The van der Waals surface area contributed by atoms with Crippen molar-refractivity contribution in [1.82, 2.24) is 4.98 Å². The quantitative estimate of drug-likeness (QED) is 0.473. The number of hydrogen-bond donors (Lipinski definition) is 0. The Morgan fingerprint density at radius 3 is 2.53 bits per heavy atom. The summed E-state index contributed by atoms with van der Waals surface area (Å²) in [6.45, 7) is 5.82. The van der Waals surface area contributed by atoms with Crippen molar-refractivity contribution in [1.29, 1.82) is 0 Å². The Bertz CT molecular complexity index is 534. The predicted molar refractivity (Wildman–Crippen MR) is 70.7 cm³/mol. The third-order valence-electron chi connectivity index (χ3n) is 3.62. The monoisotopic (exact) mass is 280 g/mol. The molecular formula is C12H16N4O2S. The first-order valence-electron chi connectivity index (χ1n) is 6.29. The van der Waals surface area contributed by atoms with E-state index in [1.165, 1.54) is 0 Å². The van der Waals surface area contributed by atoms with E-state index in [0.717, 1.165) is 9.88 Å². The molecule has 3 rings (SSSR count). The Kier molecular flexibility index (Phi) is 2.83. The minimum atomic E-state index is -0.612. The predicted octanol–water partition coefficient (Wildman–Crippen LogP) is 3.27. The molecule has 0 aromatic carbocycles. The number of azide groups is 1. The topological polar surface area (TPSA) is 80.1 Å². The second-order valence-electron chi connectivity index (χ2n) is 5.62. The van der Waals surface area contributed by atoms with Crippen molar-refractivity contribution in [3.8, 4) is 0 Å². The molecule has 0 bridgehead atoms. The van der Waals surface area contributed by atoms with Crippen LogP contribution in [0.5, 0.6) is 0 Å². The maximum atomic E-state index is 8.88. The molecule has 1 aliphatic carbocycles. The van der Waals surface area contributed by atoms with Crippen molar-refractivity contribution in [2.45, 2.75) is 57.1 Å². The Morgan fingerprint density at radius 2 is 2.05 bits per heavy atom. The molecule has 0 N–H and O–H groups in total. The van der Waals surface area contributed by atoms with E-state index < -0.39 is 11.3 Å². The number of aryl methyl sites for hydroxylation is 1. The largest absolute Gasteiger partial charge is 0.345 e. The van der Waals surface area contributed by atoms with Crippen LogP contribution in [0.2, 0.25) is 0 Å². The summed E-state index contributed by atoms with van der Waals surface area (Å²) in [5.41, 5.74) is 8.27. The molecular weight excluding hydrogens is 264 g/mol. The second-order valence-corrected chi connectivity index (χ2v) is 6.85. The van der Waals surface area contributed by atoms with E-state index >= 15 is 0 Å². The van der Waals surface area contributed by atoms with E-state index in [9.17, 15) is 0 Å². The minimum absolute atomic E-state index is 0.0234. The van der Waals surface area contributed by atoms with E-state index in [0.29, 0.717) is 12.8 Å². The molecule has 0 amide bonds. The van der Waals surface area contributed by atoms with Crippen LogP contribution in [0.15, 0.2) is 11.3 Å². The molecule has 102 valence electrons. The lowest BCUT2D eigenvalue weighted by atomic mass is 9.99. The van der Waals surface area contributed by atoms with Gasteiger partial charge < -0.3 is 9.47 Å². The molecule has 2 fully saturated rings. The molecule has 2 heterocycles. The van der Waals surface area contributed by atoms with Crippen LogP contribution in [-0.4, -0.2) is 23.0 Å². The third-order valence-corrected chi connectivity index (χ3v) is 4.72. The van der Waals surface area contributed by atoms with Gasteiger partial charge in [-0.3, -0.25) is 0 Å². The molecule has 0 radical (unpaired) electrons. The van der Waals surface area contributed by atoms with Crippen LogP contribution in [0.1, 0.15) is 36.6 Å². The summed E-state index contributed by atoms with van der Waals surface area (Å²) in [4.78, 5) is 8.53. The molecule has 7 heteroatoms. The number of fused-ring (bicyclic) bond motifs is 1. The zero-order valence-electron chi connectivity index (χ0n) is 11.2. The molecule has 3 atom stereocenters. The van der Waals surface area contributed by atoms with Crippen LogP contribution in [0, 0.1) is 6.92 Å². The Morgan fingerprint density at radius 1 is 1.42 bits per heavy atom. The van der Waals surface area contributed by atoms with Crippen LogP contribution in [0.25, 0.3) is 10.4 Å². The van der Waals surface area contributed by atoms with Crippen LogP contribution in [0.3, 0.4) is 0 Å². The first kappa shape index (κ1) is 12.9. The number of thiazole rings is 1. The lowest BCUT2D eigenvalue weighted by Crippen LogP contribution is -2.27. The molecule has 1 aromatic heterocycles. The Hall–Kier alpha value is -1.14. The van der Waals surface area contributed by atoms with Gasteiger partial charge in [-0.05, 0) is 39.1 Å². The average molecular weight is 280 g/mol. The van der Waals surface area contributed by atoms with E-state index in [2.05, 4.69) is 15.0 Å². The van der Waals surface area contributed by atoms with Gasteiger partial charge in [-0.15, -0.1) is 11.3 Å². The first-order valence-corrected chi connectivity index (χ1v) is 7.11. The summed E-state index contributed by atoms with van der Waals surface area (Å²) in [6, 6.07) is 0. The lowest BCUT2D eigenvalue weighted by molar-refractivity contribution is -0.155. The van der Waals surface area contributed by atoms with Gasteiger partial charge in [-0.1, -0.05) is 5.11 Å². The average Bonchev–Trinajstić information content (AvgIpc) is 2.90. The minimum Gasteiger partial charge on any atom is -0.345 e. The second kappa shape index (κ2) is 4.18. The maximum Gasteiger partial charge on any atom is 0.163 e. The molecule has 2 aliphatic rings. The molecule has 19 heavy (non-hydrogen) atoms. The van der Waals surface area contributed by atoms with Crippen molar-refractivity contribution < 1.29 is 9.47 Å². The summed E-state index contributed by atoms with van der Waals surface area (Å²) in [5.74, 6) is -0.545. The summed E-state index contributed by atoms with van der Waals surface area (Å²) in [6.07, 6.45) is 3.04. The van der Waals surface area contributed by atoms with E-state index in [4.69, 9.17) is 15.0 Å². The Labute approximate surface area is 115 Å². The zero-order chi connectivity index (χ0) is 13.7. The van der Waals surface area contributed by atoms with Gasteiger partial charge in [0.15, 0.2) is 5.79 Å². The summed E-state index contributed by atoms with van der Waals surface area (Å²) in [7, 11) is 0. The smallest absolute Gasteiger partial charge is 0.163 e. The lowest BCUT2D eigenvalue weighted by Gasteiger charge is -2.25. The van der Waals surface area contributed by atoms with Crippen LogP contribution < -0.4 is 0 Å². The zero-order valence-corrected chi connectivity index (χ0v) is 12.0. The van der Waals surface area contributed by atoms with E-state index in [-0.39, 0.29) is 12.2 Å². The van der Waals surface area contributed by atoms with Crippen molar-refractivity contribution in [3.63, 3.8) is 0 Å². The molecule has 1 aliphatic heterocycles. The fraction of sp³-hybridized carbons (Fsp3) is 0.750. The number of aromatic nitrogens is 1. The SMILES string of the molecule is Cc1cnc([C@@]2(N=[N+]=[N-])C[C@@H]3OC(C)(C)O[C@@H]3C2)s1. The highest BCUT2D eigenvalue weighted by molar-refractivity contribution is 7.11. The molecule has 0 unspecified atom stereocenters. The van der Waals surface area contributed by atoms with Crippen LogP contribution in [0.4, 0.5) is 0 Å². The van der Waals surface area contributed by atoms with Gasteiger partial charge in [0.2, 0.25) is 0 Å². The third kappa shape index (κ3) is 2.12. The number of rotatable bonds is 2. The molecule has 6 nitrogen and oxygen atoms in total. The molecule has 0 spiro atoms. The number of ether oxygens (including phenoxy) is 2. The van der Waals surface area contributed by atoms with Crippen molar-refractivity contribution in [2.75, 3.05) is 0 Å². The molecule has 1 saturated carbocycles. The van der Waals surface area contributed by atoms with Gasteiger partial charge in [-0.25, -0.2) is 4.98 Å². The summed E-state index contributed by atoms with van der Waals surface area (Å²) < 4.78 is 11.7. The fourth-order valence-corrected chi connectivity index (χ4v) is 3.87. The normalized spacial score (nSPS) is 35.9. The molecule has 1 aromatic rings. The summed E-state index contributed by atoms with van der Waals surface area (Å²) >= 11 is 1.58. The van der Waals surface area contributed by atoms with Gasteiger partial charge >= 0.3 is 0 Å². The Balaban J connectivity index is 1.92. The highest BCUT2D eigenvalue weighted by Crippen LogP contribution is 2.50. The van der Waals surface area contributed by atoms with Gasteiger partial charge in [0, 0.05) is 16.0 Å². The highest BCUT2D eigenvalue weighted by Gasteiger charge is 2.55. The fourth-order valence-electron chi connectivity index (χ4n) is 2.96. The van der Waals surface area contributed by atoms with Crippen LogP contribution >= 0.6 is 11.3 Å².